The number of aliphatic hydroxyl groups excluding tert-OH is 1. The van der Waals surface area contributed by atoms with Crippen LogP contribution in [0.5, 0.6) is 5.75 Å². The number of piperidine rings is 1. The van der Waals surface area contributed by atoms with Crippen LogP contribution in [0, 0.1) is 0 Å². The van der Waals surface area contributed by atoms with Crippen molar-refractivity contribution in [1.29, 1.82) is 0 Å². The predicted molar refractivity (Wildman–Crippen MR) is 89.1 cm³/mol. The van der Waals surface area contributed by atoms with Crippen LogP contribution in [0.4, 0.5) is 5.69 Å². The molecule has 2 aliphatic rings. The average molecular weight is 333 g/mol. The molecule has 0 radical (unpaired) electrons. The summed E-state index contributed by atoms with van der Waals surface area (Å²) in [6.07, 6.45) is 4.15. The number of imide groups is 1. The highest BCUT2D eigenvalue weighted by molar-refractivity contribution is 6.21. The number of carbonyl (C=O) groups excluding carboxylic acids is 2. The van der Waals surface area contributed by atoms with Crippen molar-refractivity contribution in [2.75, 3.05) is 25.2 Å². The van der Waals surface area contributed by atoms with E-state index in [1.807, 2.05) is 0 Å². The van der Waals surface area contributed by atoms with Crippen molar-refractivity contribution < 1.29 is 24.3 Å². The average Bonchev–Trinajstić information content (AvgIpc) is 2.90. The number of nitrogens with one attached hydrogen (secondary N) is 1. The summed E-state index contributed by atoms with van der Waals surface area (Å²) in [7, 11) is 1.58. The highest BCUT2D eigenvalue weighted by atomic mass is 16.5. The van der Waals surface area contributed by atoms with Crippen LogP contribution < -0.4 is 14.5 Å². The molecule has 0 bridgehead atoms. The molecule has 1 unspecified atom stereocenters. The Morgan fingerprint density at radius 1 is 1.25 bits per heavy atom. The first kappa shape index (κ1) is 16.9. The lowest BCUT2D eigenvalue weighted by Crippen LogP contribution is -3.20. The molecule has 2 fully saturated rings. The summed E-state index contributed by atoms with van der Waals surface area (Å²) in [5, 5.41) is 9.29. The van der Waals surface area contributed by atoms with Gasteiger partial charge in [0.1, 0.15) is 5.75 Å². The Morgan fingerprint density at radius 2 is 2.00 bits per heavy atom. The van der Waals surface area contributed by atoms with Gasteiger partial charge in [-0.2, -0.15) is 0 Å². The molecule has 6 heteroatoms. The van der Waals surface area contributed by atoms with Gasteiger partial charge in [0.25, 0.3) is 5.91 Å². The fraction of sp³-hybridized carbons (Fsp3) is 0.556. The van der Waals surface area contributed by atoms with Gasteiger partial charge in [-0.05, 0) is 43.5 Å². The molecule has 6 nitrogen and oxygen atoms in total. The van der Waals surface area contributed by atoms with Crippen LogP contribution in [0.1, 0.15) is 32.1 Å². The molecular weight excluding hydrogens is 308 g/mol. The predicted octanol–water partition coefficient (Wildman–Crippen LogP) is 0.147. The van der Waals surface area contributed by atoms with Crippen molar-refractivity contribution in [2.45, 2.75) is 44.2 Å². The Balaban J connectivity index is 1.79. The smallest absolute Gasteiger partial charge is 0.292 e. The highest BCUT2D eigenvalue weighted by Gasteiger charge is 2.48. The molecule has 1 aromatic rings. The number of aliphatic hydroxyl groups is 1. The van der Waals surface area contributed by atoms with Gasteiger partial charge in [0.2, 0.25) is 5.91 Å². The zero-order valence-corrected chi connectivity index (χ0v) is 14.0. The van der Waals surface area contributed by atoms with Gasteiger partial charge in [-0.15, -0.1) is 0 Å². The molecule has 0 aromatic heterocycles. The van der Waals surface area contributed by atoms with E-state index >= 15 is 0 Å². The third kappa shape index (κ3) is 3.16. The van der Waals surface area contributed by atoms with E-state index in [-0.39, 0.29) is 36.9 Å². The molecule has 2 N–H and O–H groups in total. The van der Waals surface area contributed by atoms with E-state index in [0.717, 1.165) is 25.8 Å². The Kier molecular flexibility index (Phi) is 5.16. The lowest BCUT2D eigenvalue weighted by molar-refractivity contribution is -0.945. The van der Waals surface area contributed by atoms with Crippen molar-refractivity contribution in [2.24, 2.45) is 0 Å². The van der Waals surface area contributed by atoms with Crippen LogP contribution >= 0.6 is 0 Å². The lowest BCUT2D eigenvalue weighted by atomic mass is 9.97. The fourth-order valence-corrected chi connectivity index (χ4v) is 3.98. The normalized spacial score (nSPS) is 27.6. The number of quaternary nitrogens is 1. The molecule has 3 atom stereocenters. The van der Waals surface area contributed by atoms with Gasteiger partial charge >= 0.3 is 0 Å². The number of methoxy groups -OCH3 is 1. The quantitative estimate of drug-likeness (QED) is 0.753. The number of benzene rings is 1. The first-order chi connectivity index (χ1) is 11.7. The second-order valence-electron chi connectivity index (χ2n) is 6.55. The van der Waals surface area contributed by atoms with Crippen LogP contribution in [0.2, 0.25) is 0 Å². The molecule has 0 saturated carbocycles. The van der Waals surface area contributed by atoms with Crippen molar-refractivity contribution in [3.05, 3.63) is 24.3 Å². The molecule has 130 valence electrons. The zero-order chi connectivity index (χ0) is 17.1. The number of amides is 2. The van der Waals surface area contributed by atoms with E-state index in [1.165, 1.54) is 9.80 Å². The number of rotatable bonds is 5. The summed E-state index contributed by atoms with van der Waals surface area (Å²) in [6.45, 7) is 1.02. The van der Waals surface area contributed by atoms with Gasteiger partial charge in [0, 0.05) is 13.0 Å². The Labute approximate surface area is 142 Å². The van der Waals surface area contributed by atoms with Crippen LogP contribution in [-0.4, -0.2) is 49.3 Å². The van der Waals surface area contributed by atoms with Crippen molar-refractivity contribution >= 4 is 17.5 Å². The van der Waals surface area contributed by atoms with Crippen molar-refractivity contribution in [1.82, 2.24) is 0 Å². The van der Waals surface area contributed by atoms with E-state index < -0.39 is 0 Å². The summed E-state index contributed by atoms with van der Waals surface area (Å²) >= 11 is 0. The number of ether oxygens (including phenoxy) is 1. The fourth-order valence-electron chi connectivity index (χ4n) is 3.98. The number of hydrogen-bond acceptors (Lipinski definition) is 4. The van der Waals surface area contributed by atoms with Crippen LogP contribution in [0.3, 0.4) is 0 Å². The molecule has 2 heterocycles. The highest BCUT2D eigenvalue weighted by Crippen LogP contribution is 2.25. The van der Waals surface area contributed by atoms with E-state index in [1.54, 1.807) is 31.4 Å². The van der Waals surface area contributed by atoms with Crippen molar-refractivity contribution in [3.63, 3.8) is 0 Å². The first-order valence-electron chi connectivity index (χ1n) is 8.63. The summed E-state index contributed by atoms with van der Waals surface area (Å²) in [6, 6.07) is 6.94. The van der Waals surface area contributed by atoms with E-state index in [2.05, 4.69) is 0 Å². The zero-order valence-electron chi connectivity index (χ0n) is 14.0. The maximum atomic E-state index is 12.9. The van der Waals surface area contributed by atoms with E-state index in [9.17, 15) is 14.7 Å². The summed E-state index contributed by atoms with van der Waals surface area (Å²) in [5.41, 5.74) is 0.600. The van der Waals surface area contributed by atoms with Gasteiger partial charge in [-0.25, -0.2) is 4.90 Å². The Bertz CT molecular complexity index is 600. The maximum absolute atomic E-state index is 12.9. The topological polar surface area (TPSA) is 71.3 Å². The summed E-state index contributed by atoms with van der Waals surface area (Å²) in [4.78, 5) is 27.9. The maximum Gasteiger partial charge on any atom is 0.292 e. The third-order valence-corrected chi connectivity index (χ3v) is 5.19. The van der Waals surface area contributed by atoms with Crippen LogP contribution in [-0.2, 0) is 9.59 Å². The molecule has 2 aliphatic heterocycles. The summed E-state index contributed by atoms with van der Waals surface area (Å²) in [5.74, 6) is 0.431. The van der Waals surface area contributed by atoms with E-state index in [0.29, 0.717) is 17.9 Å². The third-order valence-electron chi connectivity index (χ3n) is 5.19. The molecule has 0 aliphatic carbocycles. The molecule has 2 saturated heterocycles. The number of anilines is 1. The molecule has 2 amide bonds. The SMILES string of the molecule is COc1ccc(N2C(=O)C[C@@H]([NH+]3CCCC[C@@H]3CCO)C2=O)cc1. The van der Waals surface area contributed by atoms with Crippen LogP contribution in [0.15, 0.2) is 24.3 Å². The lowest BCUT2D eigenvalue weighted by Gasteiger charge is -2.35. The number of nitrogens with zero attached hydrogens (tertiary/aromatic N) is 1. The minimum atomic E-state index is -0.323. The number of hydrogen-bond donors (Lipinski definition) is 2. The number of likely N-dealkylation sites (tertiary alicyclic amines) is 1. The molecule has 3 rings (SSSR count). The molecule has 1 aromatic carbocycles. The molecular formula is C18H25N2O4+. The second-order valence-corrected chi connectivity index (χ2v) is 6.55. The molecule has 0 spiro atoms. The first-order valence-corrected chi connectivity index (χ1v) is 8.63. The summed E-state index contributed by atoms with van der Waals surface area (Å²) < 4.78 is 5.13. The van der Waals surface area contributed by atoms with Crippen LogP contribution in [0.25, 0.3) is 0 Å². The minimum Gasteiger partial charge on any atom is -0.497 e. The largest absolute Gasteiger partial charge is 0.497 e. The minimum absolute atomic E-state index is 0.120. The van der Waals surface area contributed by atoms with Gasteiger partial charge in [0.15, 0.2) is 6.04 Å². The van der Waals surface area contributed by atoms with Gasteiger partial charge in [-0.1, -0.05) is 0 Å². The second kappa shape index (κ2) is 7.32. The molecule has 24 heavy (non-hydrogen) atoms. The van der Waals surface area contributed by atoms with E-state index in [4.69, 9.17) is 4.74 Å². The van der Waals surface area contributed by atoms with Gasteiger partial charge in [-0.3, -0.25) is 9.59 Å². The van der Waals surface area contributed by atoms with Gasteiger partial charge < -0.3 is 14.7 Å². The van der Waals surface area contributed by atoms with Crippen molar-refractivity contribution in [3.8, 4) is 5.75 Å². The number of carbonyl (C=O) groups is 2. The Hall–Kier alpha value is -1.92. The standard InChI is InChI=1S/C18H24N2O4/c1-24-15-7-5-14(6-8-15)20-17(22)12-16(18(20)23)19-10-3-2-4-13(19)9-11-21/h5-8,13,16,21H,2-4,9-12H2,1H3/p+1/t13-,16-/m1/s1. The monoisotopic (exact) mass is 333 g/mol. The van der Waals surface area contributed by atoms with Gasteiger partial charge in [0.05, 0.1) is 31.8 Å². The Morgan fingerprint density at radius 3 is 2.67 bits per heavy atom.